The number of nitrogens with zero attached hydrogens (tertiary/aromatic N) is 3. The first-order valence-electron chi connectivity index (χ1n) is 16.6. The average molecular weight is 706 g/mol. The number of hydrogen-bond acceptors (Lipinski definition) is 13. The summed E-state index contributed by atoms with van der Waals surface area (Å²) >= 11 is 0. The predicted octanol–water partition coefficient (Wildman–Crippen LogP) is -0.526. The number of hydroxylamine groups is 4. The van der Waals surface area contributed by atoms with Crippen molar-refractivity contribution in [1.29, 1.82) is 0 Å². The third-order valence-corrected chi connectivity index (χ3v) is 8.19. The van der Waals surface area contributed by atoms with Crippen LogP contribution >= 0.6 is 0 Å². The van der Waals surface area contributed by atoms with Crippen molar-refractivity contribution in [3.05, 3.63) is 29.8 Å². The van der Waals surface area contributed by atoms with Crippen molar-refractivity contribution in [2.75, 3.05) is 33.4 Å². The fourth-order valence-corrected chi connectivity index (χ4v) is 5.23. The topological polar surface area (TPSA) is 263 Å². The van der Waals surface area contributed by atoms with E-state index >= 15 is 0 Å². The lowest BCUT2D eigenvalue weighted by Crippen LogP contribution is -2.56. The Morgan fingerprint density at radius 3 is 2.58 bits per heavy atom. The zero-order valence-electron chi connectivity index (χ0n) is 28.0. The molecule has 0 unspecified atom stereocenters. The molecule has 276 valence electrons. The number of amides is 5. The summed E-state index contributed by atoms with van der Waals surface area (Å²) in [5.74, 6) is -3.69. The van der Waals surface area contributed by atoms with Crippen molar-refractivity contribution in [2.24, 2.45) is 10.7 Å². The molecular formula is C32H47N7O11. The molecule has 2 heterocycles. The molecule has 0 aliphatic carbocycles. The van der Waals surface area contributed by atoms with E-state index in [1.54, 1.807) is 18.2 Å². The number of aliphatic imine (C=N–C) groups is 1. The maximum Gasteiger partial charge on any atom is 0.305 e. The quantitative estimate of drug-likeness (QED) is 0.0440. The molecule has 1 saturated heterocycles. The van der Waals surface area contributed by atoms with Gasteiger partial charge in [0.05, 0.1) is 12.7 Å². The molecule has 4 atom stereocenters. The van der Waals surface area contributed by atoms with Gasteiger partial charge in [0.15, 0.2) is 6.04 Å². The standard InChI is InChI=1S/C32H47N7O11/c1-49-27(42)15-4-2-3-14-26(41)38(47)17-9-12-22(35-30(45)24-19-50-31(37-24)20-10-5-6-13-25(20)40)29(44)34-18-21(33)28(43)36-23-11-7-8-16-39(48)32(23)46/h5-6,10,13,21-24,40,47-48H,2-4,7-9,11-12,14-19,33H2,1H3,(H,34,44)(H,35,45)(H,36,43)/t21-,22-,23-,24-/m0/s1. The number of methoxy groups -OCH3 is 1. The van der Waals surface area contributed by atoms with E-state index in [4.69, 9.17) is 10.5 Å². The largest absolute Gasteiger partial charge is 0.507 e. The van der Waals surface area contributed by atoms with Gasteiger partial charge in [0.1, 0.15) is 30.5 Å². The van der Waals surface area contributed by atoms with Crippen LogP contribution in [0.5, 0.6) is 5.75 Å². The molecule has 0 aromatic heterocycles. The summed E-state index contributed by atoms with van der Waals surface area (Å²) in [6.07, 6.45) is 3.37. The summed E-state index contributed by atoms with van der Waals surface area (Å²) < 4.78 is 10.1. The van der Waals surface area contributed by atoms with Gasteiger partial charge in [-0.15, -0.1) is 0 Å². The van der Waals surface area contributed by atoms with E-state index in [-0.39, 0.29) is 75.1 Å². The highest BCUT2D eigenvalue weighted by Gasteiger charge is 2.32. The van der Waals surface area contributed by atoms with Gasteiger partial charge >= 0.3 is 5.97 Å². The van der Waals surface area contributed by atoms with Gasteiger partial charge in [-0.05, 0) is 57.1 Å². The zero-order chi connectivity index (χ0) is 36.6. The van der Waals surface area contributed by atoms with Gasteiger partial charge < -0.3 is 36.3 Å². The highest BCUT2D eigenvalue weighted by molar-refractivity contribution is 6.01. The molecule has 18 heteroatoms. The van der Waals surface area contributed by atoms with E-state index in [0.29, 0.717) is 48.7 Å². The minimum Gasteiger partial charge on any atom is -0.507 e. The molecule has 5 amide bonds. The number of benzene rings is 1. The number of hydrogen-bond donors (Lipinski definition) is 7. The number of carbonyl (C=O) groups is 6. The van der Waals surface area contributed by atoms with Crippen LogP contribution in [0.15, 0.2) is 29.3 Å². The van der Waals surface area contributed by atoms with Crippen LogP contribution in [0, 0.1) is 0 Å². The second-order valence-electron chi connectivity index (χ2n) is 12.0. The summed E-state index contributed by atoms with van der Waals surface area (Å²) in [6, 6.07) is 1.80. The number of ether oxygens (including phenoxy) is 2. The fraction of sp³-hybridized carbons (Fsp3) is 0.594. The normalized spacial score (nSPS) is 18.5. The van der Waals surface area contributed by atoms with Crippen LogP contribution in [0.1, 0.15) is 69.8 Å². The van der Waals surface area contributed by atoms with Crippen LogP contribution in [0.3, 0.4) is 0 Å². The number of nitrogens with one attached hydrogen (secondary N) is 3. The van der Waals surface area contributed by atoms with Crippen LogP contribution in [0.2, 0.25) is 0 Å². The van der Waals surface area contributed by atoms with Gasteiger partial charge in [-0.1, -0.05) is 18.6 Å². The van der Waals surface area contributed by atoms with Crippen molar-refractivity contribution in [3.8, 4) is 5.75 Å². The lowest BCUT2D eigenvalue weighted by atomic mass is 10.1. The molecule has 50 heavy (non-hydrogen) atoms. The molecule has 1 aromatic rings. The Morgan fingerprint density at radius 2 is 1.84 bits per heavy atom. The molecule has 2 aliphatic heterocycles. The van der Waals surface area contributed by atoms with Crippen LogP contribution in [-0.2, 0) is 38.2 Å². The molecule has 3 rings (SSSR count). The molecule has 2 aliphatic rings. The van der Waals surface area contributed by atoms with E-state index < -0.39 is 53.7 Å². The highest BCUT2D eigenvalue weighted by Crippen LogP contribution is 2.21. The number of phenolic OH excluding ortho intramolecular Hbond substituents is 1. The van der Waals surface area contributed by atoms with Gasteiger partial charge in [0.2, 0.25) is 29.5 Å². The number of aromatic hydroxyl groups is 1. The molecule has 18 nitrogen and oxygen atoms in total. The maximum atomic E-state index is 13.3. The number of para-hydroxylation sites is 1. The minimum absolute atomic E-state index is 0.0327. The monoisotopic (exact) mass is 705 g/mol. The van der Waals surface area contributed by atoms with Crippen molar-refractivity contribution >= 4 is 41.4 Å². The SMILES string of the molecule is COC(=O)CCCCCC(=O)N(O)CCC[C@H](NC(=O)[C@@H]1COC(c2ccccc2O)=N1)C(=O)NC[C@H](N)C(=O)N[C@H]1CCCCN(O)C1=O. The fourth-order valence-electron chi connectivity index (χ4n) is 5.23. The van der Waals surface area contributed by atoms with E-state index in [1.165, 1.54) is 13.2 Å². The van der Waals surface area contributed by atoms with E-state index in [1.807, 2.05) is 0 Å². The van der Waals surface area contributed by atoms with E-state index in [2.05, 4.69) is 25.7 Å². The molecule has 0 bridgehead atoms. The number of unbranched alkanes of at least 4 members (excludes halogenated alkanes) is 2. The zero-order valence-corrected chi connectivity index (χ0v) is 28.0. The van der Waals surface area contributed by atoms with E-state index in [0.717, 1.165) is 0 Å². The predicted molar refractivity (Wildman–Crippen MR) is 174 cm³/mol. The molecular weight excluding hydrogens is 658 g/mol. The Kier molecular flexibility index (Phi) is 15.9. The second kappa shape index (κ2) is 20.0. The smallest absolute Gasteiger partial charge is 0.305 e. The molecule has 0 spiro atoms. The maximum absolute atomic E-state index is 13.3. The minimum atomic E-state index is -1.27. The number of rotatable bonds is 18. The van der Waals surface area contributed by atoms with Gasteiger partial charge in [0.25, 0.3) is 5.91 Å². The summed E-state index contributed by atoms with van der Waals surface area (Å²) in [5.41, 5.74) is 6.27. The summed E-state index contributed by atoms with van der Waals surface area (Å²) in [5, 5.41) is 38.9. The van der Waals surface area contributed by atoms with Crippen molar-refractivity contribution in [3.63, 3.8) is 0 Å². The molecule has 1 fully saturated rings. The van der Waals surface area contributed by atoms with Crippen molar-refractivity contribution in [1.82, 2.24) is 26.1 Å². The molecule has 0 saturated carbocycles. The van der Waals surface area contributed by atoms with Crippen molar-refractivity contribution < 1.29 is 53.8 Å². The summed E-state index contributed by atoms with van der Waals surface area (Å²) in [6.45, 7) is -0.514. The lowest BCUT2D eigenvalue weighted by Gasteiger charge is -2.23. The van der Waals surface area contributed by atoms with Crippen LogP contribution in [0.4, 0.5) is 0 Å². The average Bonchev–Trinajstić information content (AvgIpc) is 3.55. The third kappa shape index (κ3) is 12.3. The Labute approximate surface area is 289 Å². The molecule has 0 radical (unpaired) electrons. The third-order valence-electron chi connectivity index (χ3n) is 8.19. The Morgan fingerprint density at radius 1 is 1.10 bits per heavy atom. The molecule has 8 N–H and O–H groups in total. The number of phenols is 1. The van der Waals surface area contributed by atoms with Crippen molar-refractivity contribution in [2.45, 2.75) is 88.4 Å². The van der Waals surface area contributed by atoms with Crippen LogP contribution < -0.4 is 21.7 Å². The summed E-state index contributed by atoms with van der Waals surface area (Å²) in [7, 11) is 1.30. The Balaban J connectivity index is 1.57. The highest BCUT2D eigenvalue weighted by atomic mass is 16.5. The Hall–Kier alpha value is -4.81. The number of carbonyl (C=O) groups excluding carboxylic acids is 6. The summed E-state index contributed by atoms with van der Waals surface area (Å²) in [4.78, 5) is 79.3. The van der Waals surface area contributed by atoms with Gasteiger partial charge in [-0.3, -0.25) is 39.2 Å². The first kappa shape index (κ1) is 39.6. The van der Waals surface area contributed by atoms with Crippen LogP contribution in [0.25, 0.3) is 0 Å². The Bertz CT molecular complexity index is 1390. The number of esters is 1. The lowest BCUT2D eigenvalue weighted by molar-refractivity contribution is -0.167. The number of nitrogens with two attached hydrogens (primary N) is 1. The van der Waals surface area contributed by atoms with Gasteiger partial charge in [-0.2, -0.15) is 0 Å². The van der Waals surface area contributed by atoms with Gasteiger partial charge in [0, 0.05) is 32.5 Å². The second-order valence-corrected chi connectivity index (χ2v) is 12.0. The van der Waals surface area contributed by atoms with E-state index in [9.17, 15) is 44.3 Å². The first-order chi connectivity index (χ1) is 23.9. The van der Waals surface area contributed by atoms with Crippen LogP contribution in [-0.4, -0.2) is 125 Å². The first-order valence-corrected chi connectivity index (χ1v) is 16.6. The molecule has 1 aromatic carbocycles. The van der Waals surface area contributed by atoms with Gasteiger partial charge in [-0.25, -0.2) is 15.1 Å².